The number of H-pyrrole nitrogens is 1. The minimum atomic E-state index is -0.189. The van der Waals surface area contributed by atoms with Crippen LogP contribution >= 0.6 is 0 Å². The van der Waals surface area contributed by atoms with E-state index < -0.39 is 0 Å². The number of benzene rings is 1. The Morgan fingerprint density at radius 2 is 2.20 bits per heavy atom. The zero-order valence-corrected chi connectivity index (χ0v) is 8.88. The highest BCUT2D eigenvalue weighted by Gasteiger charge is 2.37. The quantitative estimate of drug-likeness (QED) is 0.743. The molecule has 1 aromatic heterocycles. The van der Waals surface area contributed by atoms with E-state index in [1.54, 1.807) is 0 Å². The molecule has 0 saturated heterocycles. The van der Waals surface area contributed by atoms with Crippen molar-refractivity contribution in [1.29, 1.82) is 0 Å². The number of nitrogens with zero attached hydrogens (tertiary/aromatic N) is 1. The molecule has 1 aromatic carbocycles. The highest BCUT2D eigenvalue weighted by Crippen LogP contribution is 2.37. The lowest BCUT2D eigenvalue weighted by atomic mass is 9.77. The van der Waals surface area contributed by atoms with E-state index in [1.165, 1.54) is 12.0 Å². The lowest BCUT2D eigenvalue weighted by Crippen LogP contribution is -2.44. The predicted molar refractivity (Wildman–Crippen MR) is 60.5 cm³/mol. The van der Waals surface area contributed by atoms with E-state index >= 15 is 0 Å². The molecule has 78 valence electrons. The highest BCUT2D eigenvalue weighted by molar-refractivity contribution is 5.78. The van der Waals surface area contributed by atoms with Gasteiger partial charge in [-0.1, -0.05) is 12.1 Å². The fourth-order valence-corrected chi connectivity index (χ4v) is 2.21. The fraction of sp³-hybridized carbons (Fsp3) is 0.417. The summed E-state index contributed by atoms with van der Waals surface area (Å²) >= 11 is 0. The van der Waals surface area contributed by atoms with E-state index in [2.05, 4.69) is 29.0 Å². The van der Waals surface area contributed by atoms with Crippen LogP contribution in [0.4, 0.5) is 0 Å². The van der Waals surface area contributed by atoms with Crippen molar-refractivity contribution < 1.29 is 0 Å². The van der Waals surface area contributed by atoms with Gasteiger partial charge in [-0.2, -0.15) is 0 Å². The third-order valence-corrected chi connectivity index (χ3v) is 3.43. The molecule has 3 N–H and O–H groups in total. The lowest BCUT2D eigenvalue weighted by molar-refractivity contribution is 0.240. The number of hydrogen-bond donors (Lipinski definition) is 2. The number of para-hydroxylation sites is 1. The van der Waals surface area contributed by atoms with Crippen LogP contribution in [-0.2, 0) is 5.54 Å². The van der Waals surface area contributed by atoms with Gasteiger partial charge in [0, 0.05) is 0 Å². The van der Waals surface area contributed by atoms with Crippen molar-refractivity contribution in [2.24, 2.45) is 5.73 Å². The first-order valence-electron chi connectivity index (χ1n) is 5.44. The van der Waals surface area contributed by atoms with E-state index in [-0.39, 0.29) is 5.54 Å². The Balaban J connectivity index is 2.18. The van der Waals surface area contributed by atoms with Crippen molar-refractivity contribution in [2.75, 3.05) is 0 Å². The van der Waals surface area contributed by atoms with Gasteiger partial charge in [-0.3, -0.25) is 0 Å². The Kier molecular flexibility index (Phi) is 1.68. The molecule has 0 radical (unpaired) electrons. The summed E-state index contributed by atoms with van der Waals surface area (Å²) in [6.07, 6.45) is 3.31. The van der Waals surface area contributed by atoms with Gasteiger partial charge in [0.05, 0.1) is 16.6 Å². The van der Waals surface area contributed by atoms with Gasteiger partial charge < -0.3 is 10.7 Å². The average Bonchev–Trinajstić information content (AvgIpc) is 2.59. The second-order valence-corrected chi connectivity index (χ2v) is 4.57. The van der Waals surface area contributed by atoms with Gasteiger partial charge in [-0.05, 0) is 37.8 Å². The summed E-state index contributed by atoms with van der Waals surface area (Å²) in [6, 6.07) is 6.18. The molecule has 0 amide bonds. The average molecular weight is 201 g/mol. The first-order valence-corrected chi connectivity index (χ1v) is 5.44. The fourth-order valence-electron chi connectivity index (χ4n) is 2.21. The van der Waals surface area contributed by atoms with Gasteiger partial charge in [-0.15, -0.1) is 0 Å². The molecule has 3 heteroatoms. The van der Waals surface area contributed by atoms with E-state index in [0.717, 1.165) is 29.7 Å². The van der Waals surface area contributed by atoms with Crippen LogP contribution in [0.1, 0.15) is 30.7 Å². The molecule has 2 aromatic rings. The molecule has 1 aliphatic rings. The number of hydrogen-bond acceptors (Lipinski definition) is 2. The number of aromatic nitrogens is 2. The van der Waals surface area contributed by atoms with Crippen molar-refractivity contribution in [3.05, 3.63) is 29.6 Å². The van der Waals surface area contributed by atoms with Gasteiger partial charge >= 0.3 is 0 Å². The Morgan fingerprint density at radius 1 is 1.40 bits per heavy atom. The maximum Gasteiger partial charge on any atom is 0.127 e. The maximum atomic E-state index is 6.24. The highest BCUT2D eigenvalue weighted by atomic mass is 15.0. The molecule has 0 bridgehead atoms. The first-order chi connectivity index (χ1) is 7.19. The summed E-state index contributed by atoms with van der Waals surface area (Å²) in [4.78, 5) is 7.97. The third kappa shape index (κ3) is 1.20. The van der Waals surface area contributed by atoms with Crippen molar-refractivity contribution in [3.63, 3.8) is 0 Å². The summed E-state index contributed by atoms with van der Waals surface area (Å²) in [5, 5.41) is 0. The van der Waals surface area contributed by atoms with Crippen molar-refractivity contribution in [2.45, 2.75) is 31.7 Å². The number of nitrogens with two attached hydrogens (primary N) is 1. The smallest absolute Gasteiger partial charge is 0.127 e. The molecule has 0 unspecified atom stereocenters. The van der Waals surface area contributed by atoms with Gasteiger partial charge in [0.25, 0.3) is 0 Å². The Morgan fingerprint density at radius 3 is 2.80 bits per heavy atom. The molecule has 15 heavy (non-hydrogen) atoms. The van der Waals surface area contributed by atoms with Crippen LogP contribution in [0.25, 0.3) is 11.0 Å². The molecule has 1 aliphatic carbocycles. The van der Waals surface area contributed by atoms with E-state index in [1.807, 2.05) is 6.07 Å². The summed E-state index contributed by atoms with van der Waals surface area (Å²) in [6.45, 7) is 2.08. The minimum Gasteiger partial charge on any atom is -0.340 e. The summed E-state index contributed by atoms with van der Waals surface area (Å²) < 4.78 is 0. The number of rotatable bonds is 1. The molecule has 1 heterocycles. The Bertz CT molecular complexity index is 509. The van der Waals surface area contributed by atoms with Crippen molar-refractivity contribution >= 4 is 11.0 Å². The normalized spacial score (nSPS) is 19.1. The predicted octanol–water partition coefficient (Wildman–Crippen LogP) is 2.21. The molecule has 0 spiro atoms. The van der Waals surface area contributed by atoms with Crippen LogP contribution in [0.2, 0.25) is 0 Å². The number of aromatic amines is 1. The maximum absolute atomic E-state index is 6.24. The molecular formula is C12H15N3. The Labute approximate surface area is 88.7 Å². The summed E-state index contributed by atoms with van der Waals surface area (Å²) in [5.41, 5.74) is 9.42. The van der Waals surface area contributed by atoms with E-state index in [4.69, 9.17) is 5.73 Å². The number of nitrogens with one attached hydrogen (secondary N) is 1. The number of imidazole rings is 1. The first kappa shape index (κ1) is 8.92. The molecule has 1 saturated carbocycles. The SMILES string of the molecule is Cc1cccc2[nH]c(C3(N)CCC3)nc12. The second-order valence-electron chi connectivity index (χ2n) is 4.57. The number of fused-ring (bicyclic) bond motifs is 1. The van der Waals surface area contributed by atoms with E-state index in [0.29, 0.717) is 0 Å². The largest absolute Gasteiger partial charge is 0.340 e. The minimum absolute atomic E-state index is 0.189. The summed E-state index contributed by atoms with van der Waals surface area (Å²) in [7, 11) is 0. The topological polar surface area (TPSA) is 54.7 Å². The van der Waals surface area contributed by atoms with Crippen LogP contribution in [0.3, 0.4) is 0 Å². The van der Waals surface area contributed by atoms with Gasteiger partial charge in [0.15, 0.2) is 0 Å². The lowest BCUT2D eigenvalue weighted by Gasteiger charge is -2.35. The zero-order chi connectivity index (χ0) is 10.5. The molecule has 3 rings (SSSR count). The van der Waals surface area contributed by atoms with Gasteiger partial charge in [-0.25, -0.2) is 4.98 Å². The Hall–Kier alpha value is -1.35. The van der Waals surface area contributed by atoms with Gasteiger partial charge in [0.1, 0.15) is 5.82 Å². The van der Waals surface area contributed by atoms with E-state index in [9.17, 15) is 0 Å². The third-order valence-electron chi connectivity index (χ3n) is 3.43. The monoisotopic (exact) mass is 201 g/mol. The van der Waals surface area contributed by atoms with Crippen LogP contribution < -0.4 is 5.73 Å². The number of aryl methyl sites for hydroxylation is 1. The molecule has 0 aliphatic heterocycles. The van der Waals surface area contributed by atoms with Crippen LogP contribution in [0.15, 0.2) is 18.2 Å². The molecule has 0 atom stereocenters. The van der Waals surface area contributed by atoms with Crippen LogP contribution in [-0.4, -0.2) is 9.97 Å². The summed E-state index contributed by atoms with van der Waals surface area (Å²) in [5.74, 6) is 0.957. The van der Waals surface area contributed by atoms with Crippen LogP contribution in [0.5, 0.6) is 0 Å². The molecule has 1 fully saturated rings. The standard InChI is InChI=1S/C12H15N3/c1-8-4-2-5-9-10(8)15-11(14-9)12(13)6-3-7-12/h2,4-5H,3,6-7,13H2,1H3,(H,14,15). The molecule has 3 nitrogen and oxygen atoms in total. The second kappa shape index (κ2) is 2.83. The van der Waals surface area contributed by atoms with Crippen LogP contribution in [0, 0.1) is 6.92 Å². The van der Waals surface area contributed by atoms with Crippen molar-refractivity contribution in [3.8, 4) is 0 Å². The van der Waals surface area contributed by atoms with Gasteiger partial charge in [0.2, 0.25) is 0 Å². The molecular weight excluding hydrogens is 186 g/mol. The van der Waals surface area contributed by atoms with Crippen molar-refractivity contribution in [1.82, 2.24) is 9.97 Å². The zero-order valence-electron chi connectivity index (χ0n) is 8.88.